The third kappa shape index (κ3) is 4.54. The smallest absolute Gasteiger partial charge is 0.276 e. The van der Waals surface area contributed by atoms with E-state index in [0.29, 0.717) is 37.0 Å². The van der Waals surface area contributed by atoms with Crippen LogP contribution in [0.3, 0.4) is 0 Å². The van der Waals surface area contributed by atoms with Gasteiger partial charge in [0.1, 0.15) is 11.5 Å². The van der Waals surface area contributed by atoms with Crippen LogP contribution in [0, 0.1) is 12.8 Å². The molecule has 29 heavy (non-hydrogen) atoms. The van der Waals surface area contributed by atoms with Crippen molar-refractivity contribution in [3.05, 3.63) is 29.7 Å². The zero-order chi connectivity index (χ0) is 20.4. The van der Waals surface area contributed by atoms with Gasteiger partial charge in [-0.1, -0.05) is 5.16 Å². The Morgan fingerprint density at radius 3 is 2.59 bits per heavy atom. The number of aromatic nitrogens is 1. The minimum absolute atomic E-state index is 0.0200. The highest BCUT2D eigenvalue weighted by molar-refractivity contribution is 7.89. The van der Waals surface area contributed by atoms with Gasteiger partial charge >= 0.3 is 0 Å². The third-order valence-corrected chi connectivity index (χ3v) is 7.29. The standard InChI is InChI=1S/C19H26N4O5S/c1-14-12-17(21-28-14)20-19(24)15-6-10-22(11-7-15)13-16-4-5-18(27-16)29(25,26)23-8-2-3-9-23/h4-5,12,15H,2-3,6-11,13H2,1H3,(H,20,21,24). The van der Waals surface area contributed by atoms with Gasteiger partial charge in [0.05, 0.1) is 6.54 Å². The number of amides is 1. The largest absolute Gasteiger partial charge is 0.447 e. The lowest BCUT2D eigenvalue weighted by atomic mass is 9.96. The van der Waals surface area contributed by atoms with E-state index in [1.807, 2.05) is 0 Å². The number of furan rings is 1. The van der Waals surface area contributed by atoms with Crippen LogP contribution in [0.5, 0.6) is 0 Å². The van der Waals surface area contributed by atoms with E-state index in [4.69, 9.17) is 8.94 Å². The van der Waals surface area contributed by atoms with Crippen LogP contribution < -0.4 is 5.32 Å². The number of nitrogens with zero attached hydrogens (tertiary/aromatic N) is 3. The number of hydrogen-bond donors (Lipinski definition) is 1. The molecule has 4 heterocycles. The molecule has 0 spiro atoms. The molecule has 2 aromatic heterocycles. The lowest BCUT2D eigenvalue weighted by Gasteiger charge is -2.30. The van der Waals surface area contributed by atoms with Gasteiger partial charge in [0.25, 0.3) is 10.0 Å². The van der Waals surface area contributed by atoms with Crippen LogP contribution in [-0.4, -0.2) is 54.9 Å². The van der Waals surface area contributed by atoms with E-state index in [9.17, 15) is 13.2 Å². The lowest BCUT2D eigenvalue weighted by molar-refractivity contribution is -0.121. The van der Waals surface area contributed by atoms with Crippen LogP contribution in [0.25, 0.3) is 0 Å². The molecule has 0 unspecified atom stereocenters. The van der Waals surface area contributed by atoms with Gasteiger partial charge in [0, 0.05) is 25.1 Å². The summed E-state index contributed by atoms with van der Waals surface area (Å²) in [6.45, 7) is 4.91. The molecule has 1 amide bonds. The molecule has 2 fully saturated rings. The van der Waals surface area contributed by atoms with Crippen molar-refractivity contribution >= 4 is 21.7 Å². The molecule has 10 heteroatoms. The van der Waals surface area contributed by atoms with Gasteiger partial charge in [0.15, 0.2) is 5.82 Å². The van der Waals surface area contributed by atoms with Gasteiger partial charge in [-0.3, -0.25) is 9.69 Å². The zero-order valence-electron chi connectivity index (χ0n) is 16.5. The second-order valence-corrected chi connectivity index (χ2v) is 9.56. The van der Waals surface area contributed by atoms with E-state index in [2.05, 4.69) is 15.4 Å². The molecular formula is C19H26N4O5S. The quantitative estimate of drug-likeness (QED) is 0.760. The minimum atomic E-state index is -3.53. The van der Waals surface area contributed by atoms with Crippen molar-refractivity contribution in [2.24, 2.45) is 5.92 Å². The Morgan fingerprint density at radius 2 is 1.93 bits per heavy atom. The van der Waals surface area contributed by atoms with E-state index in [-0.39, 0.29) is 16.9 Å². The molecule has 0 radical (unpaired) electrons. The molecule has 2 aromatic rings. The summed E-state index contributed by atoms with van der Waals surface area (Å²) >= 11 is 0. The van der Waals surface area contributed by atoms with Gasteiger partial charge in [-0.25, -0.2) is 8.42 Å². The van der Waals surface area contributed by atoms with Crippen LogP contribution >= 0.6 is 0 Å². The van der Waals surface area contributed by atoms with Crippen molar-refractivity contribution in [2.45, 2.75) is 44.2 Å². The first-order chi connectivity index (χ1) is 13.9. The first kappa shape index (κ1) is 20.1. The van der Waals surface area contributed by atoms with Gasteiger partial charge in [-0.05, 0) is 57.8 Å². The minimum Gasteiger partial charge on any atom is -0.447 e. The molecule has 2 aliphatic heterocycles. The lowest BCUT2D eigenvalue weighted by Crippen LogP contribution is -2.37. The Balaban J connectivity index is 1.29. The third-order valence-electron chi connectivity index (χ3n) is 5.51. The number of anilines is 1. The summed E-state index contributed by atoms with van der Waals surface area (Å²) in [5.41, 5.74) is 0. The van der Waals surface area contributed by atoms with E-state index in [1.165, 1.54) is 4.31 Å². The Morgan fingerprint density at radius 1 is 1.21 bits per heavy atom. The molecule has 0 aliphatic carbocycles. The monoisotopic (exact) mass is 422 g/mol. The average Bonchev–Trinajstić information content (AvgIpc) is 3.44. The van der Waals surface area contributed by atoms with Gasteiger partial charge < -0.3 is 14.3 Å². The Labute approximate surface area is 170 Å². The number of rotatable bonds is 6. The van der Waals surface area contributed by atoms with Gasteiger partial charge in [0.2, 0.25) is 11.0 Å². The first-order valence-electron chi connectivity index (χ1n) is 9.97. The molecule has 0 bridgehead atoms. The maximum absolute atomic E-state index is 12.6. The van der Waals surface area contributed by atoms with Gasteiger partial charge in [-0.15, -0.1) is 0 Å². The second kappa shape index (κ2) is 8.29. The van der Waals surface area contributed by atoms with Crippen LogP contribution in [0.15, 0.2) is 32.2 Å². The summed E-state index contributed by atoms with van der Waals surface area (Å²) in [6, 6.07) is 4.97. The summed E-state index contributed by atoms with van der Waals surface area (Å²) in [4.78, 5) is 14.6. The fourth-order valence-corrected chi connectivity index (χ4v) is 5.31. The molecule has 0 atom stereocenters. The summed E-state index contributed by atoms with van der Waals surface area (Å²) in [5, 5.41) is 6.60. The summed E-state index contributed by atoms with van der Waals surface area (Å²) in [5.74, 6) is 1.60. The molecule has 158 valence electrons. The van der Waals surface area contributed by atoms with Crippen molar-refractivity contribution in [3.63, 3.8) is 0 Å². The highest BCUT2D eigenvalue weighted by atomic mass is 32.2. The fourth-order valence-electron chi connectivity index (χ4n) is 3.86. The molecule has 1 N–H and O–H groups in total. The average molecular weight is 423 g/mol. The van der Waals surface area contributed by atoms with Crippen LogP contribution in [0.4, 0.5) is 5.82 Å². The molecule has 2 saturated heterocycles. The van der Waals surface area contributed by atoms with Crippen LogP contribution in [0.2, 0.25) is 0 Å². The van der Waals surface area contributed by atoms with Crippen molar-refractivity contribution in [1.82, 2.24) is 14.4 Å². The summed E-state index contributed by atoms with van der Waals surface area (Å²) in [6.07, 6.45) is 3.24. The number of hydrogen-bond acceptors (Lipinski definition) is 7. The first-order valence-corrected chi connectivity index (χ1v) is 11.4. The highest BCUT2D eigenvalue weighted by Crippen LogP contribution is 2.25. The van der Waals surface area contributed by atoms with Crippen LogP contribution in [-0.2, 0) is 21.4 Å². The molecular weight excluding hydrogens is 396 g/mol. The van der Waals surface area contributed by atoms with Crippen molar-refractivity contribution < 1.29 is 22.2 Å². The number of likely N-dealkylation sites (tertiary alicyclic amines) is 1. The molecule has 9 nitrogen and oxygen atoms in total. The maximum Gasteiger partial charge on any atom is 0.276 e. The number of carbonyl (C=O) groups is 1. The van der Waals surface area contributed by atoms with E-state index in [0.717, 1.165) is 38.8 Å². The predicted octanol–water partition coefficient (Wildman–Crippen LogP) is 2.21. The van der Waals surface area contributed by atoms with E-state index >= 15 is 0 Å². The molecule has 4 rings (SSSR count). The fraction of sp³-hybridized carbons (Fsp3) is 0.579. The molecule has 0 aromatic carbocycles. The normalized spacial score (nSPS) is 19.6. The van der Waals surface area contributed by atoms with Crippen molar-refractivity contribution in [2.75, 3.05) is 31.5 Å². The number of nitrogens with one attached hydrogen (secondary N) is 1. The Kier molecular flexibility index (Phi) is 5.75. The number of piperidine rings is 1. The predicted molar refractivity (Wildman–Crippen MR) is 105 cm³/mol. The van der Waals surface area contributed by atoms with Gasteiger partial charge in [-0.2, -0.15) is 4.31 Å². The topological polar surface area (TPSA) is 109 Å². The summed E-state index contributed by atoms with van der Waals surface area (Å²) < 4.78 is 37.2. The molecule has 0 saturated carbocycles. The highest BCUT2D eigenvalue weighted by Gasteiger charge is 2.31. The zero-order valence-corrected chi connectivity index (χ0v) is 17.3. The number of carbonyl (C=O) groups excluding carboxylic acids is 1. The Bertz CT molecular complexity index is 953. The van der Waals surface area contributed by atoms with E-state index in [1.54, 1.807) is 25.1 Å². The molecule has 2 aliphatic rings. The van der Waals surface area contributed by atoms with Crippen molar-refractivity contribution in [1.29, 1.82) is 0 Å². The number of sulfonamides is 1. The SMILES string of the molecule is Cc1cc(NC(=O)C2CCN(Cc3ccc(S(=O)(=O)N4CCCC4)o3)CC2)no1. The van der Waals surface area contributed by atoms with Crippen molar-refractivity contribution in [3.8, 4) is 0 Å². The maximum atomic E-state index is 12.6. The second-order valence-electron chi connectivity index (χ2n) is 7.69. The van der Waals surface area contributed by atoms with E-state index < -0.39 is 10.0 Å². The van der Waals surface area contributed by atoms with Crippen LogP contribution in [0.1, 0.15) is 37.2 Å². The number of aryl methyl sites for hydroxylation is 1. The Hall–Kier alpha value is -2.17. The summed E-state index contributed by atoms with van der Waals surface area (Å²) in [7, 11) is -3.53.